The van der Waals surface area contributed by atoms with Crippen molar-refractivity contribution >= 4 is 29.3 Å². The predicted molar refractivity (Wildman–Crippen MR) is 107 cm³/mol. The van der Waals surface area contributed by atoms with E-state index in [0.717, 1.165) is 11.1 Å². The van der Waals surface area contributed by atoms with Crippen LogP contribution in [0, 0.1) is 24.0 Å². The fourth-order valence-corrected chi connectivity index (χ4v) is 3.09. The van der Waals surface area contributed by atoms with Gasteiger partial charge in [0.2, 0.25) is 0 Å². The first-order chi connectivity index (χ1) is 13.3. The number of carbonyl (C=O) groups is 2. The van der Waals surface area contributed by atoms with E-state index in [9.17, 15) is 19.7 Å². The number of nitrogens with one attached hydrogen (secondary N) is 1. The molecule has 2 rings (SSSR count). The SMILES string of the molecule is Cc1ccc([C@H](C)NC(=O)COC(=O)CSc2ccc([N+](=O)[O-])cc2)cc1C. The third-order valence-electron chi connectivity index (χ3n) is 4.18. The van der Waals surface area contributed by atoms with Gasteiger partial charge in [-0.1, -0.05) is 18.2 Å². The number of nitro groups is 1. The van der Waals surface area contributed by atoms with E-state index in [1.54, 1.807) is 12.1 Å². The van der Waals surface area contributed by atoms with Crippen molar-refractivity contribution in [1.29, 1.82) is 0 Å². The Morgan fingerprint density at radius 1 is 1.14 bits per heavy atom. The number of rotatable bonds is 8. The summed E-state index contributed by atoms with van der Waals surface area (Å²) >= 11 is 1.19. The summed E-state index contributed by atoms with van der Waals surface area (Å²) in [6.45, 7) is 5.55. The zero-order valence-corrected chi connectivity index (χ0v) is 16.7. The minimum absolute atomic E-state index is 0.0117. The topological polar surface area (TPSA) is 98.5 Å². The molecule has 1 N–H and O–H groups in total. The zero-order valence-electron chi connectivity index (χ0n) is 15.9. The second-order valence-corrected chi connectivity index (χ2v) is 7.38. The van der Waals surface area contributed by atoms with Crippen LogP contribution < -0.4 is 5.32 Å². The molecule has 0 saturated heterocycles. The molecule has 2 aromatic rings. The van der Waals surface area contributed by atoms with Crippen LogP contribution in [0.1, 0.15) is 29.7 Å². The van der Waals surface area contributed by atoms with Crippen molar-refractivity contribution in [2.24, 2.45) is 0 Å². The van der Waals surface area contributed by atoms with E-state index in [0.29, 0.717) is 4.90 Å². The number of carbonyl (C=O) groups excluding carboxylic acids is 2. The van der Waals surface area contributed by atoms with Crippen LogP contribution in [0.3, 0.4) is 0 Å². The van der Waals surface area contributed by atoms with Crippen molar-refractivity contribution in [2.75, 3.05) is 12.4 Å². The van der Waals surface area contributed by atoms with Gasteiger partial charge in [-0.2, -0.15) is 0 Å². The standard InChI is InChI=1S/C20H22N2O5S/c1-13-4-5-16(10-14(13)2)15(3)21-19(23)11-27-20(24)12-28-18-8-6-17(7-9-18)22(25)26/h4-10,15H,11-12H2,1-3H3,(H,21,23)/t15-/m0/s1. The molecule has 0 fully saturated rings. The number of nitrogens with zero attached hydrogens (tertiary/aromatic N) is 1. The highest BCUT2D eigenvalue weighted by Crippen LogP contribution is 2.21. The minimum Gasteiger partial charge on any atom is -0.455 e. The van der Waals surface area contributed by atoms with Gasteiger partial charge in [-0.05, 0) is 49.6 Å². The van der Waals surface area contributed by atoms with Gasteiger partial charge in [0.25, 0.3) is 11.6 Å². The monoisotopic (exact) mass is 402 g/mol. The number of non-ortho nitro benzene ring substituents is 1. The van der Waals surface area contributed by atoms with Crippen LogP contribution in [0.15, 0.2) is 47.4 Å². The van der Waals surface area contributed by atoms with E-state index in [2.05, 4.69) is 5.32 Å². The highest BCUT2D eigenvalue weighted by molar-refractivity contribution is 8.00. The Balaban J connectivity index is 1.74. The van der Waals surface area contributed by atoms with Crippen molar-refractivity contribution in [3.8, 4) is 0 Å². The Morgan fingerprint density at radius 2 is 1.82 bits per heavy atom. The van der Waals surface area contributed by atoms with Gasteiger partial charge >= 0.3 is 5.97 Å². The lowest BCUT2D eigenvalue weighted by atomic mass is 10.0. The molecule has 1 atom stereocenters. The van der Waals surface area contributed by atoms with E-state index in [-0.39, 0.29) is 30.0 Å². The van der Waals surface area contributed by atoms with Gasteiger partial charge < -0.3 is 10.1 Å². The summed E-state index contributed by atoms with van der Waals surface area (Å²) in [7, 11) is 0. The first-order valence-electron chi connectivity index (χ1n) is 8.65. The summed E-state index contributed by atoms with van der Waals surface area (Å²) in [5.74, 6) is -0.894. The molecular weight excluding hydrogens is 380 g/mol. The quantitative estimate of drug-likeness (QED) is 0.313. The second-order valence-electron chi connectivity index (χ2n) is 6.33. The van der Waals surface area contributed by atoms with Crippen LogP contribution >= 0.6 is 11.8 Å². The van der Waals surface area contributed by atoms with Gasteiger partial charge in [-0.3, -0.25) is 19.7 Å². The lowest BCUT2D eigenvalue weighted by Gasteiger charge is -2.15. The molecule has 0 aromatic heterocycles. The number of amides is 1. The zero-order chi connectivity index (χ0) is 20.7. The number of ether oxygens (including phenoxy) is 1. The van der Waals surface area contributed by atoms with Gasteiger partial charge in [-0.15, -0.1) is 11.8 Å². The molecule has 28 heavy (non-hydrogen) atoms. The Morgan fingerprint density at radius 3 is 2.43 bits per heavy atom. The minimum atomic E-state index is -0.530. The maximum absolute atomic E-state index is 12.0. The molecule has 0 aliphatic carbocycles. The maximum atomic E-state index is 12.0. The third-order valence-corrected chi connectivity index (χ3v) is 5.16. The number of nitro benzene ring substituents is 1. The van der Waals surface area contributed by atoms with Gasteiger partial charge in [-0.25, -0.2) is 0 Å². The number of esters is 1. The van der Waals surface area contributed by atoms with E-state index in [1.807, 2.05) is 39.0 Å². The largest absolute Gasteiger partial charge is 0.455 e. The molecule has 0 aliphatic rings. The van der Waals surface area contributed by atoms with Crippen molar-refractivity contribution in [3.05, 3.63) is 69.3 Å². The van der Waals surface area contributed by atoms with E-state index in [4.69, 9.17) is 4.74 Å². The highest BCUT2D eigenvalue weighted by Gasteiger charge is 2.13. The number of aryl methyl sites for hydroxylation is 2. The fraction of sp³-hybridized carbons (Fsp3) is 0.300. The first-order valence-corrected chi connectivity index (χ1v) is 9.64. The van der Waals surface area contributed by atoms with Crippen LogP contribution in [0.25, 0.3) is 0 Å². The number of benzene rings is 2. The summed E-state index contributed by atoms with van der Waals surface area (Å²) < 4.78 is 4.99. The molecule has 1 amide bonds. The summed E-state index contributed by atoms with van der Waals surface area (Å²) in [6, 6.07) is 11.7. The van der Waals surface area contributed by atoms with Crippen molar-refractivity contribution < 1.29 is 19.2 Å². The second kappa shape index (κ2) is 9.89. The summed E-state index contributed by atoms with van der Waals surface area (Å²) in [6.07, 6.45) is 0. The number of thioether (sulfide) groups is 1. The van der Waals surface area contributed by atoms with Crippen LogP contribution in [0.5, 0.6) is 0 Å². The lowest BCUT2D eigenvalue weighted by molar-refractivity contribution is -0.384. The molecule has 2 aromatic carbocycles. The molecule has 0 unspecified atom stereocenters. The Labute approximate surface area is 167 Å². The molecule has 0 saturated carbocycles. The third kappa shape index (κ3) is 6.38. The predicted octanol–water partition coefficient (Wildman–Crippen LogP) is 3.72. The van der Waals surface area contributed by atoms with Gasteiger partial charge in [0, 0.05) is 17.0 Å². The van der Waals surface area contributed by atoms with Crippen molar-refractivity contribution in [2.45, 2.75) is 31.7 Å². The Bertz CT molecular complexity index is 867. The molecule has 0 aliphatic heterocycles. The van der Waals surface area contributed by atoms with Crippen molar-refractivity contribution in [1.82, 2.24) is 5.32 Å². The normalized spacial score (nSPS) is 11.5. The highest BCUT2D eigenvalue weighted by atomic mass is 32.2. The Hall–Kier alpha value is -2.87. The van der Waals surface area contributed by atoms with Gasteiger partial charge in [0.15, 0.2) is 6.61 Å². The molecular formula is C20H22N2O5S. The van der Waals surface area contributed by atoms with Crippen LogP contribution in [0.2, 0.25) is 0 Å². The van der Waals surface area contributed by atoms with E-state index < -0.39 is 10.9 Å². The summed E-state index contributed by atoms with van der Waals surface area (Å²) in [5, 5.41) is 13.4. The smallest absolute Gasteiger partial charge is 0.316 e. The summed E-state index contributed by atoms with van der Waals surface area (Å²) in [4.78, 5) is 34.6. The van der Waals surface area contributed by atoms with E-state index in [1.165, 1.54) is 29.5 Å². The first kappa shape index (κ1) is 21.4. The average Bonchev–Trinajstić information content (AvgIpc) is 2.67. The van der Waals surface area contributed by atoms with Crippen LogP contribution in [-0.4, -0.2) is 29.2 Å². The molecule has 7 nitrogen and oxygen atoms in total. The van der Waals surface area contributed by atoms with E-state index >= 15 is 0 Å². The maximum Gasteiger partial charge on any atom is 0.316 e. The number of hydrogen-bond donors (Lipinski definition) is 1. The molecule has 0 heterocycles. The number of hydrogen-bond acceptors (Lipinski definition) is 6. The molecule has 148 valence electrons. The molecule has 8 heteroatoms. The molecule has 0 radical (unpaired) electrons. The lowest BCUT2D eigenvalue weighted by Crippen LogP contribution is -2.31. The molecule has 0 bridgehead atoms. The fourth-order valence-electron chi connectivity index (χ4n) is 2.39. The van der Waals surface area contributed by atoms with Gasteiger partial charge in [0.05, 0.1) is 16.7 Å². The van der Waals surface area contributed by atoms with Crippen molar-refractivity contribution in [3.63, 3.8) is 0 Å². The van der Waals surface area contributed by atoms with Gasteiger partial charge in [0.1, 0.15) is 0 Å². The Kier molecular flexibility index (Phi) is 7.57. The van der Waals surface area contributed by atoms with Crippen LogP contribution in [-0.2, 0) is 14.3 Å². The average molecular weight is 402 g/mol. The van der Waals surface area contributed by atoms with Crippen LogP contribution in [0.4, 0.5) is 5.69 Å². The summed E-state index contributed by atoms with van der Waals surface area (Å²) in [5.41, 5.74) is 3.30. The molecule has 0 spiro atoms.